The van der Waals surface area contributed by atoms with Crippen molar-refractivity contribution in [1.82, 2.24) is 15.1 Å². The molecule has 1 aromatic heterocycles. The third-order valence-electron chi connectivity index (χ3n) is 3.30. The lowest BCUT2D eigenvalue weighted by Crippen LogP contribution is -2.25. The number of nitrogens with zero attached hydrogens (tertiary/aromatic N) is 2. The molecule has 112 valence electrons. The first-order valence-electron chi connectivity index (χ1n) is 7.12. The van der Waals surface area contributed by atoms with Gasteiger partial charge in [-0.1, -0.05) is 0 Å². The first kappa shape index (κ1) is 15.1. The van der Waals surface area contributed by atoms with Gasteiger partial charge in [0.15, 0.2) is 0 Å². The molecule has 1 aromatic carbocycles. The second-order valence-corrected chi connectivity index (χ2v) is 5.39. The van der Waals surface area contributed by atoms with Crippen molar-refractivity contribution in [3.63, 3.8) is 0 Å². The number of benzene rings is 1. The molecule has 0 atom stereocenters. The van der Waals surface area contributed by atoms with Gasteiger partial charge in [0, 0.05) is 30.0 Å². The Hall–Kier alpha value is -2.30. The molecule has 2 aromatic rings. The predicted molar refractivity (Wildman–Crippen MR) is 84.2 cm³/mol. The molecular weight excluding hydrogens is 264 g/mol. The largest absolute Gasteiger partial charge is 0.399 e. The zero-order valence-corrected chi connectivity index (χ0v) is 12.8. The number of nitrogens with one attached hydrogen (secondary N) is 1. The third kappa shape index (κ3) is 4.08. The minimum absolute atomic E-state index is 0.0845. The van der Waals surface area contributed by atoms with Crippen molar-refractivity contribution in [2.75, 3.05) is 12.3 Å². The fourth-order valence-corrected chi connectivity index (χ4v) is 2.38. The van der Waals surface area contributed by atoms with Crippen molar-refractivity contribution in [2.45, 2.75) is 33.7 Å². The fourth-order valence-electron chi connectivity index (χ4n) is 2.38. The highest BCUT2D eigenvalue weighted by atomic mass is 16.1. The molecule has 0 spiro atoms. The number of hydrogen-bond acceptors (Lipinski definition) is 3. The van der Waals surface area contributed by atoms with E-state index < -0.39 is 0 Å². The number of hydrogen-bond donors (Lipinski definition) is 2. The Morgan fingerprint density at radius 3 is 2.62 bits per heavy atom. The second kappa shape index (κ2) is 6.43. The molecule has 21 heavy (non-hydrogen) atoms. The van der Waals surface area contributed by atoms with Crippen molar-refractivity contribution in [3.8, 4) is 0 Å². The highest BCUT2D eigenvalue weighted by molar-refractivity contribution is 5.95. The molecule has 1 amide bonds. The van der Waals surface area contributed by atoms with Gasteiger partial charge in [-0.15, -0.1) is 0 Å². The highest BCUT2D eigenvalue weighted by Gasteiger charge is 2.06. The maximum atomic E-state index is 12.0. The van der Waals surface area contributed by atoms with Gasteiger partial charge in [0.25, 0.3) is 5.91 Å². The first-order chi connectivity index (χ1) is 9.95. The van der Waals surface area contributed by atoms with Crippen LogP contribution in [0.1, 0.15) is 33.7 Å². The molecule has 2 rings (SSSR count). The predicted octanol–water partition coefficient (Wildman–Crippen LogP) is 2.21. The van der Waals surface area contributed by atoms with Gasteiger partial charge < -0.3 is 11.1 Å². The van der Waals surface area contributed by atoms with Crippen molar-refractivity contribution in [1.29, 1.82) is 0 Å². The van der Waals surface area contributed by atoms with E-state index in [4.69, 9.17) is 5.73 Å². The van der Waals surface area contributed by atoms with Gasteiger partial charge in [-0.2, -0.15) is 5.10 Å². The Morgan fingerprint density at radius 2 is 2.00 bits per heavy atom. The molecule has 5 nitrogen and oxygen atoms in total. The number of rotatable bonds is 5. The van der Waals surface area contributed by atoms with Gasteiger partial charge in [-0.25, -0.2) is 0 Å². The van der Waals surface area contributed by atoms with Crippen LogP contribution >= 0.6 is 0 Å². The molecule has 0 aliphatic rings. The number of carbonyl (C=O) groups is 1. The third-order valence-corrected chi connectivity index (χ3v) is 3.30. The van der Waals surface area contributed by atoms with Gasteiger partial charge in [0.05, 0.1) is 5.69 Å². The van der Waals surface area contributed by atoms with Gasteiger partial charge in [-0.3, -0.25) is 9.48 Å². The molecule has 0 aliphatic heterocycles. The smallest absolute Gasteiger partial charge is 0.251 e. The Labute approximate surface area is 125 Å². The number of carbonyl (C=O) groups excluding carboxylic acids is 1. The van der Waals surface area contributed by atoms with Crippen molar-refractivity contribution < 1.29 is 4.79 Å². The minimum atomic E-state index is -0.0845. The number of aromatic nitrogens is 2. The van der Waals surface area contributed by atoms with Crippen LogP contribution in [0.25, 0.3) is 0 Å². The van der Waals surface area contributed by atoms with E-state index in [0.717, 1.165) is 29.9 Å². The summed E-state index contributed by atoms with van der Waals surface area (Å²) in [6.07, 6.45) is 0.842. The van der Waals surface area contributed by atoms with Crippen LogP contribution in [0.3, 0.4) is 0 Å². The molecule has 0 unspecified atom stereocenters. The fraction of sp³-hybridized carbons (Fsp3) is 0.375. The van der Waals surface area contributed by atoms with E-state index in [1.807, 2.05) is 43.7 Å². The van der Waals surface area contributed by atoms with Crippen LogP contribution in [-0.2, 0) is 6.54 Å². The van der Waals surface area contributed by atoms with E-state index in [1.165, 1.54) is 0 Å². The SMILES string of the molecule is Cc1cc(N)cc(C(=O)NCCCn2nc(C)cc2C)c1. The molecule has 0 bridgehead atoms. The Morgan fingerprint density at radius 1 is 1.24 bits per heavy atom. The van der Waals surface area contributed by atoms with Gasteiger partial charge in [0.1, 0.15) is 0 Å². The lowest BCUT2D eigenvalue weighted by molar-refractivity contribution is 0.0952. The molecule has 5 heteroatoms. The number of nitrogen functional groups attached to an aromatic ring is 1. The zero-order chi connectivity index (χ0) is 15.4. The van der Waals surface area contributed by atoms with Gasteiger partial charge >= 0.3 is 0 Å². The maximum Gasteiger partial charge on any atom is 0.251 e. The van der Waals surface area contributed by atoms with E-state index in [9.17, 15) is 4.79 Å². The zero-order valence-electron chi connectivity index (χ0n) is 12.8. The lowest BCUT2D eigenvalue weighted by atomic mass is 10.1. The number of anilines is 1. The topological polar surface area (TPSA) is 72.9 Å². The lowest BCUT2D eigenvalue weighted by Gasteiger charge is -2.08. The number of aryl methyl sites for hydroxylation is 4. The Kier molecular flexibility index (Phi) is 4.62. The van der Waals surface area contributed by atoms with Gasteiger partial charge in [-0.05, 0) is 57.0 Å². The minimum Gasteiger partial charge on any atom is -0.399 e. The summed E-state index contributed by atoms with van der Waals surface area (Å²) in [4.78, 5) is 12.0. The van der Waals surface area contributed by atoms with Crippen LogP contribution in [0.4, 0.5) is 5.69 Å². The quantitative estimate of drug-likeness (QED) is 0.654. The normalized spacial score (nSPS) is 10.6. The number of amides is 1. The molecule has 0 saturated carbocycles. The second-order valence-electron chi connectivity index (χ2n) is 5.39. The molecule has 0 fully saturated rings. The average Bonchev–Trinajstić information content (AvgIpc) is 2.71. The number of nitrogens with two attached hydrogens (primary N) is 1. The van der Waals surface area contributed by atoms with Crippen LogP contribution in [-0.4, -0.2) is 22.2 Å². The Bertz CT molecular complexity index is 625. The summed E-state index contributed by atoms with van der Waals surface area (Å²) in [5, 5.41) is 7.31. The molecule has 0 radical (unpaired) electrons. The van der Waals surface area contributed by atoms with E-state index >= 15 is 0 Å². The standard InChI is InChI=1S/C16H22N4O/c1-11-7-14(10-15(17)8-11)16(21)18-5-4-6-20-13(3)9-12(2)19-20/h7-10H,4-6,17H2,1-3H3,(H,18,21). The molecular formula is C16H22N4O. The average molecular weight is 286 g/mol. The summed E-state index contributed by atoms with van der Waals surface area (Å²) in [6, 6.07) is 7.43. The van der Waals surface area contributed by atoms with Crippen LogP contribution < -0.4 is 11.1 Å². The van der Waals surface area contributed by atoms with E-state index in [-0.39, 0.29) is 5.91 Å². The maximum absolute atomic E-state index is 12.0. The van der Waals surface area contributed by atoms with Crippen LogP contribution in [0.5, 0.6) is 0 Å². The Balaban J connectivity index is 1.83. The van der Waals surface area contributed by atoms with E-state index in [2.05, 4.69) is 10.4 Å². The molecule has 1 heterocycles. The monoisotopic (exact) mass is 286 g/mol. The molecule has 0 aliphatic carbocycles. The van der Waals surface area contributed by atoms with E-state index in [0.29, 0.717) is 17.8 Å². The highest BCUT2D eigenvalue weighted by Crippen LogP contribution is 2.11. The van der Waals surface area contributed by atoms with Crippen LogP contribution in [0.2, 0.25) is 0 Å². The summed E-state index contributed by atoms with van der Waals surface area (Å²) in [6.45, 7) is 7.36. The van der Waals surface area contributed by atoms with E-state index in [1.54, 1.807) is 6.07 Å². The molecule has 3 N–H and O–H groups in total. The summed E-state index contributed by atoms with van der Waals surface area (Å²) in [5.41, 5.74) is 10.1. The summed E-state index contributed by atoms with van der Waals surface area (Å²) in [5.74, 6) is -0.0845. The van der Waals surface area contributed by atoms with Crippen LogP contribution in [0.15, 0.2) is 24.3 Å². The first-order valence-corrected chi connectivity index (χ1v) is 7.12. The van der Waals surface area contributed by atoms with Crippen molar-refractivity contribution in [3.05, 3.63) is 46.8 Å². The summed E-state index contributed by atoms with van der Waals surface area (Å²) < 4.78 is 1.96. The van der Waals surface area contributed by atoms with Gasteiger partial charge in [0.2, 0.25) is 0 Å². The van der Waals surface area contributed by atoms with Crippen LogP contribution in [0, 0.1) is 20.8 Å². The molecule has 0 saturated heterocycles. The van der Waals surface area contributed by atoms with Crippen molar-refractivity contribution >= 4 is 11.6 Å². The summed E-state index contributed by atoms with van der Waals surface area (Å²) >= 11 is 0. The van der Waals surface area contributed by atoms with Crippen molar-refractivity contribution in [2.24, 2.45) is 0 Å². The summed E-state index contributed by atoms with van der Waals surface area (Å²) in [7, 11) is 0.